The van der Waals surface area contributed by atoms with Crippen LogP contribution in [0, 0.1) is 0 Å². The molecular formula is C25H31ClN4O6. The second kappa shape index (κ2) is 11.9. The molecule has 1 aliphatic rings. The minimum atomic E-state index is -0.800. The fourth-order valence-corrected chi connectivity index (χ4v) is 4.24. The summed E-state index contributed by atoms with van der Waals surface area (Å²) in [5, 5.41) is 3.07. The Morgan fingerprint density at radius 2 is 1.81 bits per heavy atom. The number of furan rings is 1. The molecule has 0 saturated heterocycles. The average molecular weight is 519 g/mol. The van der Waals surface area contributed by atoms with E-state index in [-0.39, 0.29) is 35.6 Å². The van der Waals surface area contributed by atoms with Crippen LogP contribution in [0.5, 0.6) is 0 Å². The first kappa shape index (κ1) is 28.6. The van der Waals surface area contributed by atoms with Gasteiger partial charge < -0.3 is 19.9 Å². The third-order valence-corrected chi connectivity index (χ3v) is 6.04. The summed E-state index contributed by atoms with van der Waals surface area (Å²) in [5.41, 5.74) is 1.26. The molecule has 4 rings (SSSR count). The summed E-state index contributed by atoms with van der Waals surface area (Å²) in [6.07, 6.45) is 1.49. The highest BCUT2D eigenvalue weighted by atomic mass is 35.5. The van der Waals surface area contributed by atoms with E-state index in [1.807, 2.05) is 37.4 Å². The number of benzene rings is 1. The molecule has 0 aliphatic carbocycles. The lowest BCUT2D eigenvalue weighted by molar-refractivity contribution is -0.139. The highest BCUT2D eigenvalue weighted by Gasteiger charge is 2.38. The molecule has 1 aromatic carbocycles. The summed E-state index contributed by atoms with van der Waals surface area (Å²) in [5.74, 6) is -0.579. The molecule has 1 unspecified atom stereocenters. The zero-order chi connectivity index (χ0) is 24.4. The summed E-state index contributed by atoms with van der Waals surface area (Å²) in [7, 11) is 4.95. The lowest BCUT2D eigenvalue weighted by Gasteiger charge is -2.29. The second-order valence-electron chi connectivity index (χ2n) is 8.44. The van der Waals surface area contributed by atoms with Gasteiger partial charge >= 0.3 is 11.7 Å². The van der Waals surface area contributed by atoms with Crippen LogP contribution < -0.4 is 16.6 Å². The van der Waals surface area contributed by atoms with Gasteiger partial charge in [-0.3, -0.25) is 18.8 Å². The van der Waals surface area contributed by atoms with E-state index in [1.165, 1.54) is 23.4 Å². The number of aromatic nitrogens is 2. The number of hydrogen-bond donors (Lipinski definition) is 1. The smallest absolute Gasteiger partial charge is 0.336 e. The van der Waals surface area contributed by atoms with Gasteiger partial charge in [-0.25, -0.2) is 9.59 Å². The highest BCUT2D eigenvalue weighted by Crippen LogP contribution is 2.40. The average Bonchev–Trinajstić information content (AvgIpc) is 3.36. The number of hydrogen-bond acceptors (Lipinski definition) is 7. The Morgan fingerprint density at radius 1 is 1.11 bits per heavy atom. The molecule has 0 fully saturated rings. The van der Waals surface area contributed by atoms with Crippen LogP contribution in [-0.4, -0.2) is 45.7 Å². The standard InChI is InChI=1S/C25H28N4O5.ClH.H2O/c1-16-19(24(31)34-14-12-27(2)15-17-9-6-5-7-10-17)20(18-11-8-13-33-18)21-22(26-16)28(3)25(32)29(4)23(21)30;;/h5-11,13,20,26H,12,14-15H2,1-4H3;1H;1H2. The molecule has 0 radical (unpaired) electrons. The maximum atomic E-state index is 13.3. The topological polar surface area (TPSA) is 130 Å². The summed E-state index contributed by atoms with van der Waals surface area (Å²) in [6.45, 7) is 3.17. The molecule has 0 amide bonds. The van der Waals surface area contributed by atoms with E-state index in [0.717, 1.165) is 11.1 Å². The molecule has 1 aliphatic heterocycles. The van der Waals surface area contributed by atoms with Crippen LogP contribution in [0.1, 0.15) is 29.7 Å². The Labute approximate surface area is 214 Å². The monoisotopic (exact) mass is 518 g/mol. The van der Waals surface area contributed by atoms with E-state index in [9.17, 15) is 14.4 Å². The maximum absolute atomic E-state index is 13.3. The number of allylic oxidation sites excluding steroid dienone is 1. The number of halogens is 1. The number of likely N-dealkylation sites (N-methyl/N-ethyl adjacent to an activating group) is 1. The van der Waals surface area contributed by atoms with Crippen LogP contribution in [0.15, 0.2) is 74.0 Å². The minimum absolute atomic E-state index is 0. The van der Waals surface area contributed by atoms with Crippen molar-refractivity contribution in [1.29, 1.82) is 0 Å². The quantitative estimate of drug-likeness (QED) is 0.472. The number of fused-ring (bicyclic) bond motifs is 1. The fourth-order valence-electron chi connectivity index (χ4n) is 4.24. The Morgan fingerprint density at radius 3 is 2.44 bits per heavy atom. The number of nitrogens with zero attached hydrogens (tertiary/aromatic N) is 3. The predicted molar refractivity (Wildman–Crippen MR) is 138 cm³/mol. The minimum Gasteiger partial charge on any atom is -0.468 e. The number of rotatable bonds is 7. The molecule has 11 heteroatoms. The van der Waals surface area contributed by atoms with Gasteiger partial charge in [0, 0.05) is 32.9 Å². The Bertz CT molecular complexity index is 1350. The summed E-state index contributed by atoms with van der Waals surface area (Å²) < 4.78 is 13.6. The Kier molecular flexibility index (Phi) is 9.46. The number of carbonyl (C=O) groups is 1. The molecule has 36 heavy (non-hydrogen) atoms. The third-order valence-electron chi connectivity index (χ3n) is 6.04. The number of esters is 1. The van der Waals surface area contributed by atoms with Crippen molar-refractivity contribution in [2.75, 3.05) is 25.5 Å². The molecular weight excluding hydrogens is 488 g/mol. The SMILES string of the molecule is CC1=C(C(=O)OCCN(C)Cc2ccccc2)C(c2ccco2)c2c(n(C)c(=O)n(C)c2=O)N1.Cl.O. The molecule has 0 saturated carbocycles. The lowest BCUT2D eigenvalue weighted by Crippen LogP contribution is -2.43. The van der Waals surface area contributed by atoms with Gasteiger partial charge in [-0.05, 0) is 31.7 Å². The third kappa shape index (κ3) is 5.46. The van der Waals surface area contributed by atoms with Gasteiger partial charge in [0.25, 0.3) is 5.56 Å². The molecule has 3 N–H and O–H groups in total. The Balaban J connectivity index is 0.00000228. The van der Waals surface area contributed by atoms with Crippen LogP contribution in [0.2, 0.25) is 0 Å². The maximum Gasteiger partial charge on any atom is 0.336 e. The van der Waals surface area contributed by atoms with Crippen LogP contribution in [-0.2, 0) is 30.2 Å². The molecule has 0 bridgehead atoms. The number of nitrogens with one attached hydrogen (secondary N) is 1. The molecule has 3 aromatic rings. The first-order chi connectivity index (χ1) is 16.3. The first-order valence-corrected chi connectivity index (χ1v) is 11.0. The molecule has 0 spiro atoms. The number of ether oxygens (including phenoxy) is 1. The molecule has 1 atom stereocenters. The molecule has 194 valence electrons. The van der Waals surface area contributed by atoms with Crippen molar-refractivity contribution in [3.05, 3.63) is 97.7 Å². The van der Waals surface area contributed by atoms with Crippen LogP contribution >= 0.6 is 12.4 Å². The molecule has 10 nitrogen and oxygen atoms in total. The van der Waals surface area contributed by atoms with Crippen molar-refractivity contribution < 1.29 is 19.4 Å². The summed E-state index contributed by atoms with van der Waals surface area (Å²) in [4.78, 5) is 40.9. The largest absolute Gasteiger partial charge is 0.468 e. The van der Waals surface area contributed by atoms with E-state index in [2.05, 4.69) is 10.2 Å². The van der Waals surface area contributed by atoms with Gasteiger partial charge in [0.1, 0.15) is 18.2 Å². The van der Waals surface area contributed by atoms with Gasteiger partial charge in [0.05, 0.1) is 23.3 Å². The number of anilines is 1. The van der Waals surface area contributed by atoms with Crippen molar-refractivity contribution in [3.8, 4) is 0 Å². The van der Waals surface area contributed by atoms with Gasteiger partial charge in [0.15, 0.2) is 0 Å². The second-order valence-corrected chi connectivity index (χ2v) is 8.44. The van der Waals surface area contributed by atoms with E-state index in [0.29, 0.717) is 23.8 Å². The van der Waals surface area contributed by atoms with Crippen LogP contribution in [0.3, 0.4) is 0 Å². The zero-order valence-corrected chi connectivity index (χ0v) is 21.4. The van der Waals surface area contributed by atoms with Crippen LogP contribution in [0.25, 0.3) is 0 Å². The highest BCUT2D eigenvalue weighted by molar-refractivity contribution is 5.94. The van der Waals surface area contributed by atoms with Crippen molar-refractivity contribution in [1.82, 2.24) is 14.0 Å². The van der Waals surface area contributed by atoms with Crippen molar-refractivity contribution >= 4 is 24.2 Å². The molecule has 3 heterocycles. The van der Waals surface area contributed by atoms with Gasteiger partial charge in [-0.1, -0.05) is 30.3 Å². The fraction of sp³-hybridized carbons (Fsp3) is 0.320. The van der Waals surface area contributed by atoms with Gasteiger partial charge in [-0.15, -0.1) is 12.4 Å². The van der Waals surface area contributed by atoms with E-state index >= 15 is 0 Å². The predicted octanol–water partition coefficient (Wildman–Crippen LogP) is 1.78. The van der Waals surface area contributed by atoms with Crippen molar-refractivity contribution in [2.24, 2.45) is 14.1 Å². The van der Waals surface area contributed by atoms with E-state index < -0.39 is 23.1 Å². The lowest BCUT2D eigenvalue weighted by atomic mass is 9.85. The van der Waals surface area contributed by atoms with E-state index in [4.69, 9.17) is 9.15 Å². The van der Waals surface area contributed by atoms with Gasteiger partial charge in [0.2, 0.25) is 0 Å². The number of carbonyl (C=O) groups excluding carboxylic acids is 1. The normalized spacial score (nSPS) is 14.4. The zero-order valence-electron chi connectivity index (χ0n) is 20.6. The van der Waals surface area contributed by atoms with Crippen LogP contribution in [0.4, 0.5) is 5.82 Å². The van der Waals surface area contributed by atoms with Gasteiger partial charge in [-0.2, -0.15) is 0 Å². The van der Waals surface area contributed by atoms with E-state index in [1.54, 1.807) is 26.1 Å². The Hall–Kier alpha value is -3.60. The molecule has 2 aromatic heterocycles. The summed E-state index contributed by atoms with van der Waals surface area (Å²) in [6, 6.07) is 13.4. The van der Waals surface area contributed by atoms with Crippen molar-refractivity contribution in [2.45, 2.75) is 19.4 Å². The van der Waals surface area contributed by atoms with Crippen molar-refractivity contribution in [3.63, 3.8) is 0 Å². The first-order valence-electron chi connectivity index (χ1n) is 11.0. The summed E-state index contributed by atoms with van der Waals surface area (Å²) >= 11 is 0.